The van der Waals surface area contributed by atoms with E-state index in [1.807, 2.05) is 30.3 Å². The van der Waals surface area contributed by atoms with Gasteiger partial charge in [-0.05, 0) is 67.0 Å². The van der Waals surface area contributed by atoms with Gasteiger partial charge in [0.05, 0.1) is 18.2 Å². The van der Waals surface area contributed by atoms with Crippen molar-refractivity contribution >= 4 is 22.4 Å². The van der Waals surface area contributed by atoms with E-state index in [0.29, 0.717) is 16.7 Å². The first-order chi connectivity index (χ1) is 14.5. The molecule has 4 rings (SSSR count). The minimum Gasteiger partial charge on any atom is -0.489 e. The highest BCUT2D eigenvalue weighted by molar-refractivity contribution is 6.33. The maximum atomic E-state index is 13.5. The summed E-state index contributed by atoms with van der Waals surface area (Å²) in [5.41, 5.74) is 7.42. The second-order valence-corrected chi connectivity index (χ2v) is 8.39. The Bertz CT molecular complexity index is 1040. The van der Waals surface area contributed by atoms with E-state index in [4.69, 9.17) is 26.8 Å². The van der Waals surface area contributed by atoms with Gasteiger partial charge in [-0.1, -0.05) is 30.7 Å². The van der Waals surface area contributed by atoms with Gasteiger partial charge in [0.2, 0.25) is 5.88 Å². The standard InChI is InChI=1S/C24H26ClFN2O2/c1-3-22(27)24(16-4-6-17(26)7-5-16)10-8-18(14-24)30-21-12-15-9-11-28-23(29-2)19(15)13-20(21)25/h4-7,9,11-13,18,22H,3,8,10,14,27H2,1-2H3. The molecule has 3 unspecified atom stereocenters. The molecular formula is C24H26ClFN2O2. The van der Waals surface area contributed by atoms with Crippen molar-refractivity contribution in [1.82, 2.24) is 4.98 Å². The molecule has 1 fully saturated rings. The number of ether oxygens (including phenoxy) is 2. The average Bonchev–Trinajstić information content (AvgIpc) is 3.18. The van der Waals surface area contributed by atoms with Crippen molar-refractivity contribution in [3.8, 4) is 11.6 Å². The molecule has 158 valence electrons. The van der Waals surface area contributed by atoms with Crippen LogP contribution in [-0.2, 0) is 5.41 Å². The first-order valence-corrected chi connectivity index (χ1v) is 10.6. The fourth-order valence-corrected chi connectivity index (χ4v) is 4.90. The zero-order valence-electron chi connectivity index (χ0n) is 17.2. The van der Waals surface area contributed by atoms with Crippen LogP contribution in [0.4, 0.5) is 4.39 Å². The molecule has 6 heteroatoms. The molecule has 0 spiro atoms. The maximum absolute atomic E-state index is 13.5. The van der Waals surface area contributed by atoms with Gasteiger partial charge in [-0.15, -0.1) is 0 Å². The maximum Gasteiger partial charge on any atom is 0.221 e. The van der Waals surface area contributed by atoms with Crippen molar-refractivity contribution in [3.05, 3.63) is 65.1 Å². The molecule has 3 atom stereocenters. The van der Waals surface area contributed by atoms with Crippen LogP contribution >= 0.6 is 11.6 Å². The Morgan fingerprint density at radius 1 is 1.27 bits per heavy atom. The van der Waals surface area contributed by atoms with Crippen molar-refractivity contribution in [2.24, 2.45) is 5.73 Å². The van der Waals surface area contributed by atoms with Gasteiger partial charge >= 0.3 is 0 Å². The van der Waals surface area contributed by atoms with Gasteiger partial charge in [0, 0.05) is 23.0 Å². The summed E-state index contributed by atoms with van der Waals surface area (Å²) in [7, 11) is 1.59. The number of hydrogen-bond donors (Lipinski definition) is 1. The van der Waals surface area contributed by atoms with Crippen molar-refractivity contribution < 1.29 is 13.9 Å². The Kier molecular flexibility index (Phi) is 5.85. The number of pyridine rings is 1. The van der Waals surface area contributed by atoms with Gasteiger partial charge in [-0.25, -0.2) is 9.37 Å². The Hall–Kier alpha value is -2.37. The number of fused-ring (bicyclic) bond motifs is 1. The summed E-state index contributed by atoms with van der Waals surface area (Å²) in [4.78, 5) is 4.22. The van der Waals surface area contributed by atoms with Crippen LogP contribution in [-0.4, -0.2) is 24.2 Å². The van der Waals surface area contributed by atoms with Crippen LogP contribution in [0.2, 0.25) is 5.02 Å². The second-order valence-electron chi connectivity index (χ2n) is 7.98. The first kappa shape index (κ1) is 20.9. The minimum absolute atomic E-state index is 0.0219. The van der Waals surface area contributed by atoms with Gasteiger partial charge in [0.25, 0.3) is 0 Å². The first-order valence-electron chi connectivity index (χ1n) is 10.3. The van der Waals surface area contributed by atoms with Gasteiger partial charge in [0.1, 0.15) is 11.6 Å². The Labute approximate surface area is 181 Å². The molecule has 2 N–H and O–H groups in total. The number of benzene rings is 2. The van der Waals surface area contributed by atoms with E-state index in [2.05, 4.69) is 11.9 Å². The van der Waals surface area contributed by atoms with E-state index in [0.717, 1.165) is 42.0 Å². The third-order valence-corrected chi connectivity index (χ3v) is 6.64. The van der Waals surface area contributed by atoms with Gasteiger partial charge < -0.3 is 15.2 Å². The fourth-order valence-electron chi connectivity index (χ4n) is 4.69. The Morgan fingerprint density at radius 3 is 2.73 bits per heavy atom. The molecule has 4 nitrogen and oxygen atoms in total. The molecule has 1 aliphatic carbocycles. The molecule has 0 bridgehead atoms. The minimum atomic E-state index is -0.238. The lowest BCUT2D eigenvalue weighted by Crippen LogP contribution is -2.44. The van der Waals surface area contributed by atoms with E-state index in [-0.39, 0.29) is 23.4 Å². The van der Waals surface area contributed by atoms with Crippen LogP contribution in [0.25, 0.3) is 10.8 Å². The lowest BCUT2D eigenvalue weighted by Gasteiger charge is -2.36. The van der Waals surface area contributed by atoms with Crippen LogP contribution < -0.4 is 15.2 Å². The number of nitrogens with two attached hydrogens (primary N) is 1. The SMILES string of the molecule is CCC(N)C1(c2ccc(F)cc2)CCC(Oc2cc3ccnc(OC)c3cc2Cl)C1. The molecule has 1 saturated carbocycles. The Balaban J connectivity index is 1.62. The molecule has 0 aliphatic heterocycles. The van der Waals surface area contributed by atoms with Crippen molar-refractivity contribution in [1.29, 1.82) is 0 Å². The van der Waals surface area contributed by atoms with E-state index < -0.39 is 0 Å². The lowest BCUT2D eigenvalue weighted by molar-refractivity contribution is 0.193. The van der Waals surface area contributed by atoms with Crippen molar-refractivity contribution in [2.45, 2.75) is 50.2 Å². The monoisotopic (exact) mass is 428 g/mol. The van der Waals surface area contributed by atoms with Gasteiger partial charge in [0.15, 0.2) is 0 Å². The Morgan fingerprint density at radius 2 is 2.03 bits per heavy atom. The predicted octanol–water partition coefficient (Wildman–Crippen LogP) is 5.64. The molecular weight excluding hydrogens is 403 g/mol. The second kappa shape index (κ2) is 8.40. The summed E-state index contributed by atoms with van der Waals surface area (Å²) in [6, 6.07) is 12.4. The zero-order chi connectivity index (χ0) is 21.3. The van der Waals surface area contributed by atoms with Gasteiger partial charge in [-0.3, -0.25) is 0 Å². The summed E-state index contributed by atoms with van der Waals surface area (Å²) in [6.45, 7) is 2.09. The molecule has 0 saturated heterocycles. The normalized spacial score (nSPS) is 22.2. The highest BCUT2D eigenvalue weighted by Crippen LogP contribution is 2.46. The molecule has 1 aromatic heterocycles. The number of aromatic nitrogens is 1. The third kappa shape index (κ3) is 3.72. The van der Waals surface area contributed by atoms with Crippen molar-refractivity contribution in [2.75, 3.05) is 7.11 Å². The smallest absolute Gasteiger partial charge is 0.221 e. The number of methoxy groups -OCH3 is 1. The summed E-state index contributed by atoms with van der Waals surface area (Å²) in [6.07, 6.45) is 5.04. The van der Waals surface area contributed by atoms with Crippen LogP contribution in [0.1, 0.15) is 38.2 Å². The summed E-state index contributed by atoms with van der Waals surface area (Å²) < 4.78 is 25.2. The molecule has 30 heavy (non-hydrogen) atoms. The molecule has 2 aromatic carbocycles. The molecule has 1 aliphatic rings. The van der Waals surface area contributed by atoms with Crippen LogP contribution in [0, 0.1) is 5.82 Å². The summed E-state index contributed by atoms with van der Waals surface area (Å²) in [5.74, 6) is 0.936. The van der Waals surface area contributed by atoms with Crippen LogP contribution in [0.15, 0.2) is 48.7 Å². The summed E-state index contributed by atoms with van der Waals surface area (Å²) in [5, 5.41) is 2.32. The topological polar surface area (TPSA) is 57.4 Å². The fraction of sp³-hybridized carbons (Fsp3) is 0.375. The molecule has 0 radical (unpaired) electrons. The highest BCUT2D eigenvalue weighted by Gasteiger charge is 2.45. The quantitative estimate of drug-likeness (QED) is 0.551. The van der Waals surface area contributed by atoms with E-state index in [9.17, 15) is 4.39 Å². The number of halogens is 2. The van der Waals surface area contributed by atoms with E-state index in [1.165, 1.54) is 12.1 Å². The van der Waals surface area contributed by atoms with E-state index >= 15 is 0 Å². The predicted molar refractivity (Wildman–Crippen MR) is 118 cm³/mol. The van der Waals surface area contributed by atoms with Gasteiger partial charge in [-0.2, -0.15) is 0 Å². The van der Waals surface area contributed by atoms with E-state index in [1.54, 1.807) is 13.3 Å². The third-order valence-electron chi connectivity index (χ3n) is 6.34. The molecule has 1 heterocycles. The van der Waals surface area contributed by atoms with Crippen LogP contribution in [0.5, 0.6) is 11.6 Å². The summed E-state index contributed by atoms with van der Waals surface area (Å²) >= 11 is 6.53. The molecule has 3 aromatic rings. The molecule has 0 amide bonds. The van der Waals surface area contributed by atoms with Crippen molar-refractivity contribution in [3.63, 3.8) is 0 Å². The highest BCUT2D eigenvalue weighted by atomic mass is 35.5. The lowest BCUT2D eigenvalue weighted by atomic mass is 9.72. The number of hydrogen-bond acceptors (Lipinski definition) is 4. The largest absolute Gasteiger partial charge is 0.489 e. The number of nitrogens with zero attached hydrogens (tertiary/aromatic N) is 1. The average molecular weight is 429 g/mol. The van der Waals surface area contributed by atoms with Crippen LogP contribution in [0.3, 0.4) is 0 Å². The number of rotatable bonds is 6. The zero-order valence-corrected chi connectivity index (χ0v) is 18.0.